The minimum atomic E-state index is -0.402. The van der Waals surface area contributed by atoms with Crippen LogP contribution in [0.4, 0.5) is 4.79 Å². The number of carbonyl (C=O) groups is 2. The zero-order valence-electron chi connectivity index (χ0n) is 17.7. The highest BCUT2D eigenvalue weighted by Gasteiger charge is 2.33. The number of hydrogen-bond donors (Lipinski definition) is 1. The number of carbonyl (C=O) groups excluding carboxylic acids is 2. The van der Waals surface area contributed by atoms with Gasteiger partial charge in [0.2, 0.25) is 5.91 Å². The maximum absolute atomic E-state index is 12.6. The fourth-order valence-corrected chi connectivity index (χ4v) is 4.33. The maximum Gasteiger partial charge on any atom is 0.410 e. The molecule has 1 aromatic rings. The highest BCUT2D eigenvalue weighted by atomic mass is 16.5. The summed E-state index contributed by atoms with van der Waals surface area (Å²) in [4.78, 5) is 33.2. The van der Waals surface area contributed by atoms with E-state index in [1.54, 1.807) is 4.90 Å². The summed E-state index contributed by atoms with van der Waals surface area (Å²) >= 11 is 0. The molecule has 1 unspecified atom stereocenters. The van der Waals surface area contributed by atoms with Crippen LogP contribution < -0.4 is 5.32 Å². The summed E-state index contributed by atoms with van der Waals surface area (Å²) in [5, 5.41) is 3.09. The van der Waals surface area contributed by atoms with Crippen LogP contribution in [0, 0.1) is 12.8 Å². The number of amides is 2. The summed E-state index contributed by atoms with van der Waals surface area (Å²) in [6.07, 6.45) is 5.37. The molecule has 2 amide bonds. The Hall–Kier alpha value is -2.15. The van der Waals surface area contributed by atoms with E-state index >= 15 is 0 Å². The third kappa shape index (κ3) is 6.16. The molecule has 2 saturated heterocycles. The fourth-order valence-electron chi connectivity index (χ4n) is 4.33. The second-order valence-corrected chi connectivity index (χ2v) is 8.23. The van der Waals surface area contributed by atoms with Gasteiger partial charge in [-0.05, 0) is 70.2 Å². The summed E-state index contributed by atoms with van der Waals surface area (Å²) in [5.41, 5.74) is 2.22. The number of nitrogens with one attached hydrogen (secondary N) is 1. The minimum Gasteiger partial charge on any atom is -0.453 e. The van der Waals surface area contributed by atoms with Crippen molar-refractivity contribution in [2.24, 2.45) is 5.92 Å². The molecule has 7 nitrogen and oxygen atoms in total. The summed E-state index contributed by atoms with van der Waals surface area (Å²) in [6.45, 7) is 6.47. The van der Waals surface area contributed by atoms with Gasteiger partial charge < -0.3 is 15.0 Å². The molecule has 3 rings (SSSR count). The number of likely N-dealkylation sites (tertiary alicyclic amines) is 2. The molecule has 2 aliphatic rings. The predicted molar refractivity (Wildman–Crippen MR) is 112 cm³/mol. The molecule has 1 aromatic heterocycles. The van der Waals surface area contributed by atoms with Crippen molar-refractivity contribution in [3.63, 3.8) is 0 Å². The normalized spacial score (nSPS) is 21.0. The summed E-state index contributed by atoms with van der Waals surface area (Å²) in [7, 11) is 1.37. The number of aromatic nitrogens is 1. The molecule has 3 heterocycles. The lowest BCUT2D eigenvalue weighted by Gasteiger charge is -2.35. The quantitative estimate of drug-likeness (QED) is 0.791. The number of methoxy groups -OCH3 is 1. The van der Waals surface area contributed by atoms with Crippen molar-refractivity contribution >= 4 is 12.0 Å². The molecule has 2 fully saturated rings. The van der Waals surface area contributed by atoms with Crippen molar-refractivity contribution in [1.29, 1.82) is 0 Å². The lowest BCUT2D eigenvalue weighted by molar-refractivity contribution is -0.127. The van der Waals surface area contributed by atoms with Gasteiger partial charge in [-0.3, -0.25) is 14.7 Å². The van der Waals surface area contributed by atoms with E-state index in [2.05, 4.69) is 27.3 Å². The zero-order valence-corrected chi connectivity index (χ0v) is 17.7. The van der Waals surface area contributed by atoms with Gasteiger partial charge in [0.25, 0.3) is 0 Å². The van der Waals surface area contributed by atoms with Gasteiger partial charge in [0.1, 0.15) is 6.04 Å². The Labute approximate surface area is 173 Å². The number of nitrogens with zero attached hydrogens (tertiary/aromatic N) is 3. The maximum atomic E-state index is 12.6. The van der Waals surface area contributed by atoms with E-state index in [-0.39, 0.29) is 5.91 Å². The number of rotatable bonds is 6. The molecule has 0 spiro atoms. The van der Waals surface area contributed by atoms with Crippen molar-refractivity contribution in [3.8, 4) is 0 Å². The van der Waals surface area contributed by atoms with Crippen molar-refractivity contribution < 1.29 is 14.3 Å². The van der Waals surface area contributed by atoms with Gasteiger partial charge in [0.15, 0.2) is 0 Å². The summed E-state index contributed by atoms with van der Waals surface area (Å²) in [5.74, 6) is 0.463. The number of pyridine rings is 1. The first-order valence-electron chi connectivity index (χ1n) is 10.8. The van der Waals surface area contributed by atoms with Gasteiger partial charge in [0.05, 0.1) is 7.11 Å². The van der Waals surface area contributed by atoms with Gasteiger partial charge in [-0.15, -0.1) is 0 Å². The van der Waals surface area contributed by atoms with Crippen LogP contribution in [0.2, 0.25) is 0 Å². The van der Waals surface area contributed by atoms with Crippen molar-refractivity contribution in [1.82, 2.24) is 20.1 Å². The third-order valence-electron chi connectivity index (χ3n) is 6.12. The molecule has 0 radical (unpaired) electrons. The number of ether oxygens (including phenoxy) is 1. The smallest absolute Gasteiger partial charge is 0.410 e. The Morgan fingerprint density at radius 3 is 2.69 bits per heavy atom. The Morgan fingerprint density at radius 2 is 1.97 bits per heavy atom. The first-order chi connectivity index (χ1) is 14.1. The van der Waals surface area contributed by atoms with Crippen LogP contribution >= 0.6 is 0 Å². The predicted octanol–water partition coefficient (Wildman–Crippen LogP) is 2.38. The second kappa shape index (κ2) is 10.6. The molecule has 0 saturated carbocycles. The van der Waals surface area contributed by atoms with E-state index in [1.165, 1.54) is 7.11 Å². The Morgan fingerprint density at radius 1 is 1.17 bits per heavy atom. The highest BCUT2D eigenvalue weighted by molar-refractivity contribution is 5.85. The zero-order chi connectivity index (χ0) is 20.6. The minimum absolute atomic E-state index is 0.0388. The molecule has 7 heteroatoms. The molecule has 1 N–H and O–H groups in total. The topological polar surface area (TPSA) is 74.8 Å². The van der Waals surface area contributed by atoms with Gasteiger partial charge in [-0.2, -0.15) is 0 Å². The lowest BCUT2D eigenvalue weighted by Crippen LogP contribution is -2.52. The Balaban J connectivity index is 1.38. The summed E-state index contributed by atoms with van der Waals surface area (Å²) < 4.78 is 4.83. The van der Waals surface area contributed by atoms with Crippen LogP contribution in [0.1, 0.15) is 43.5 Å². The SMILES string of the molecule is COC(=O)N1CCCCC1C(=O)NCC1CCN(CCc2cccc(C)n2)CC1. The van der Waals surface area contributed by atoms with E-state index in [4.69, 9.17) is 4.74 Å². The van der Waals surface area contributed by atoms with Crippen molar-refractivity contribution in [3.05, 3.63) is 29.6 Å². The fraction of sp³-hybridized carbons (Fsp3) is 0.682. The molecule has 2 aliphatic heterocycles. The largest absolute Gasteiger partial charge is 0.453 e. The van der Waals surface area contributed by atoms with Crippen LogP contribution in [0.15, 0.2) is 18.2 Å². The van der Waals surface area contributed by atoms with E-state index < -0.39 is 12.1 Å². The van der Waals surface area contributed by atoms with Crippen LogP contribution in [-0.2, 0) is 16.0 Å². The molecule has 0 aliphatic carbocycles. The highest BCUT2D eigenvalue weighted by Crippen LogP contribution is 2.20. The Kier molecular flexibility index (Phi) is 7.86. The van der Waals surface area contributed by atoms with Gasteiger partial charge >= 0.3 is 6.09 Å². The molecular weight excluding hydrogens is 368 g/mol. The van der Waals surface area contributed by atoms with E-state index in [0.717, 1.165) is 63.1 Å². The first kappa shape index (κ1) is 21.6. The molecule has 0 bridgehead atoms. The molecule has 1 atom stereocenters. The van der Waals surface area contributed by atoms with E-state index in [9.17, 15) is 9.59 Å². The third-order valence-corrected chi connectivity index (χ3v) is 6.12. The molecule has 160 valence electrons. The standard InChI is InChI=1S/C22H34N4O3/c1-17-6-5-7-19(24-17)11-15-25-13-9-18(10-14-25)16-23-21(27)20-8-3-4-12-26(20)22(28)29-2/h5-7,18,20H,3-4,8-16H2,1-2H3,(H,23,27). The first-order valence-corrected chi connectivity index (χ1v) is 10.8. The molecule has 29 heavy (non-hydrogen) atoms. The van der Waals surface area contributed by atoms with Gasteiger partial charge in [0, 0.05) is 37.4 Å². The molecular formula is C22H34N4O3. The van der Waals surface area contributed by atoms with Gasteiger partial charge in [-0.1, -0.05) is 6.07 Å². The monoisotopic (exact) mass is 402 g/mol. The average molecular weight is 403 g/mol. The number of aryl methyl sites for hydroxylation is 1. The van der Waals surface area contributed by atoms with Crippen molar-refractivity contribution in [2.75, 3.05) is 39.8 Å². The second-order valence-electron chi connectivity index (χ2n) is 8.23. The van der Waals surface area contributed by atoms with Crippen LogP contribution in [-0.4, -0.2) is 72.7 Å². The van der Waals surface area contributed by atoms with Crippen LogP contribution in [0.25, 0.3) is 0 Å². The summed E-state index contributed by atoms with van der Waals surface area (Å²) in [6, 6.07) is 5.80. The average Bonchev–Trinajstić information content (AvgIpc) is 2.76. The van der Waals surface area contributed by atoms with Gasteiger partial charge in [-0.25, -0.2) is 4.79 Å². The Bertz CT molecular complexity index is 688. The molecule has 0 aromatic carbocycles. The van der Waals surface area contributed by atoms with E-state index in [1.807, 2.05) is 13.0 Å². The number of hydrogen-bond acceptors (Lipinski definition) is 5. The van der Waals surface area contributed by atoms with E-state index in [0.29, 0.717) is 25.4 Å². The van der Waals surface area contributed by atoms with Crippen LogP contribution in [0.3, 0.4) is 0 Å². The van der Waals surface area contributed by atoms with Crippen LogP contribution in [0.5, 0.6) is 0 Å². The van der Waals surface area contributed by atoms with Crippen molar-refractivity contribution in [2.45, 2.75) is 51.5 Å². The lowest BCUT2D eigenvalue weighted by atomic mass is 9.96. The number of piperidine rings is 2.